The highest BCUT2D eigenvalue weighted by Crippen LogP contribution is 2.36. The van der Waals surface area contributed by atoms with E-state index in [-0.39, 0.29) is 13.1 Å². The highest BCUT2D eigenvalue weighted by Gasteiger charge is 2.51. The number of nitrogens with one attached hydrogen (secondary N) is 1. The normalized spacial score (nSPS) is 17.6. The molecule has 2 aromatic carbocycles. The van der Waals surface area contributed by atoms with Crippen LogP contribution in [0.25, 0.3) is 0 Å². The van der Waals surface area contributed by atoms with Gasteiger partial charge in [0.25, 0.3) is 0 Å². The van der Waals surface area contributed by atoms with Crippen molar-refractivity contribution in [3.8, 4) is 0 Å². The van der Waals surface area contributed by atoms with Gasteiger partial charge in [-0.15, -0.1) is 0 Å². The molecule has 1 unspecified atom stereocenters. The maximum absolute atomic E-state index is 13.5. The molecule has 6 nitrogen and oxygen atoms in total. The van der Waals surface area contributed by atoms with Crippen molar-refractivity contribution >= 4 is 15.7 Å². The molecule has 0 fully saturated rings. The average molecular weight is 479 g/mol. The smallest absolute Gasteiger partial charge is 0.361 e. The van der Waals surface area contributed by atoms with Crippen molar-refractivity contribution in [2.24, 2.45) is 0 Å². The first kappa shape index (κ1) is 23.3. The van der Waals surface area contributed by atoms with E-state index in [1.165, 1.54) is 0 Å². The number of hydrogen-bond acceptors (Lipinski definition) is 4. The Balaban J connectivity index is 1.76. The molecular weight excluding hydrogens is 453 g/mol. The Hall–Kier alpha value is -2.85. The van der Waals surface area contributed by atoms with Crippen molar-refractivity contribution in [3.05, 3.63) is 83.4 Å². The standard InChI is InChI=1S/C23H25F3N4O2S/c1-17-7-10-22-19(11-17)13-29(33(31,32)23(24,25)26)15-21(9-8-18-5-3-2-4-6-18)30(22)14-20-12-27-16-28-20/h2-7,10-12,16,21H,8-9,13-15H2,1H3,(H,27,28). The van der Waals surface area contributed by atoms with E-state index in [0.717, 1.165) is 22.5 Å². The average Bonchev–Trinajstić information content (AvgIpc) is 3.22. The van der Waals surface area contributed by atoms with Crippen molar-refractivity contribution in [3.63, 3.8) is 0 Å². The Bertz CT molecular complexity index is 1180. The fourth-order valence-electron chi connectivity index (χ4n) is 4.23. The van der Waals surface area contributed by atoms with E-state index >= 15 is 0 Å². The lowest BCUT2D eigenvalue weighted by Gasteiger charge is -2.34. The molecule has 33 heavy (non-hydrogen) atoms. The van der Waals surface area contributed by atoms with E-state index < -0.39 is 21.6 Å². The topological polar surface area (TPSA) is 69.3 Å². The molecule has 0 radical (unpaired) electrons. The van der Waals surface area contributed by atoms with Crippen LogP contribution in [-0.4, -0.2) is 40.8 Å². The predicted molar refractivity (Wildman–Crippen MR) is 120 cm³/mol. The minimum atomic E-state index is -5.49. The second-order valence-corrected chi connectivity index (χ2v) is 10.2. The van der Waals surface area contributed by atoms with Crippen LogP contribution in [0.4, 0.5) is 18.9 Å². The van der Waals surface area contributed by atoms with Crippen LogP contribution < -0.4 is 4.90 Å². The molecule has 0 aliphatic carbocycles. The monoisotopic (exact) mass is 478 g/mol. The number of aromatic amines is 1. The SMILES string of the molecule is Cc1ccc2c(c1)CN(S(=O)(=O)C(F)(F)F)CC(CCc1ccccc1)N2Cc1cnc[nH]1. The van der Waals surface area contributed by atoms with Gasteiger partial charge in [-0.05, 0) is 37.0 Å². The summed E-state index contributed by atoms with van der Waals surface area (Å²) in [5, 5.41) is 0. The number of alkyl halides is 3. The van der Waals surface area contributed by atoms with Crippen LogP contribution in [0.3, 0.4) is 0 Å². The quantitative estimate of drug-likeness (QED) is 0.571. The number of nitrogens with zero attached hydrogens (tertiary/aromatic N) is 3. The van der Waals surface area contributed by atoms with Gasteiger partial charge in [0.15, 0.2) is 0 Å². The van der Waals surface area contributed by atoms with Crippen LogP contribution in [0.1, 0.15) is 28.8 Å². The lowest BCUT2D eigenvalue weighted by Crippen LogP contribution is -2.47. The van der Waals surface area contributed by atoms with Gasteiger partial charge in [0.05, 0.1) is 18.6 Å². The first-order chi connectivity index (χ1) is 15.6. The highest BCUT2D eigenvalue weighted by atomic mass is 32.2. The number of aryl methyl sites for hydroxylation is 2. The molecule has 1 aromatic heterocycles. The van der Waals surface area contributed by atoms with E-state index in [1.54, 1.807) is 18.6 Å². The molecule has 1 N–H and O–H groups in total. The molecule has 0 spiro atoms. The lowest BCUT2D eigenvalue weighted by molar-refractivity contribution is -0.0492. The summed E-state index contributed by atoms with van der Waals surface area (Å²) in [6.07, 6.45) is 4.29. The van der Waals surface area contributed by atoms with Gasteiger partial charge in [0, 0.05) is 31.0 Å². The number of benzene rings is 2. The Labute approximate surface area is 191 Å². The first-order valence-corrected chi connectivity index (χ1v) is 12.0. The summed E-state index contributed by atoms with van der Waals surface area (Å²) in [7, 11) is -5.49. The number of anilines is 1. The molecule has 4 rings (SSSR count). The summed E-state index contributed by atoms with van der Waals surface area (Å²) in [6.45, 7) is 1.60. The molecule has 1 atom stereocenters. The second kappa shape index (κ2) is 9.18. The van der Waals surface area contributed by atoms with E-state index in [1.807, 2.05) is 54.3 Å². The molecule has 2 heterocycles. The zero-order valence-electron chi connectivity index (χ0n) is 18.1. The fourth-order valence-corrected chi connectivity index (χ4v) is 5.20. The van der Waals surface area contributed by atoms with Crippen LogP contribution in [0.5, 0.6) is 0 Å². The summed E-state index contributed by atoms with van der Waals surface area (Å²) >= 11 is 0. The fraction of sp³-hybridized carbons (Fsp3) is 0.348. The van der Waals surface area contributed by atoms with E-state index in [4.69, 9.17) is 0 Å². The minimum absolute atomic E-state index is 0.267. The summed E-state index contributed by atoms with van der Waals surface area (Å²) < 4.78 is 66.1. The third-order valence-corrected chi connectivity index (χ3v) is 7.43. The maximum atomic E-state index is 13.5. The summed E-state index contributed by atoms with van der Waals surface area (Å²) in [5.41, 5.74) is -1.41. The lowest BCUT2D eigenvalue weighted by atomic mass is 10.0. The van der Waals surface area contributed by atoms with Crippen LogP contribution in [0.15, 0.2) is 61.1 Å². The Morgan fingerprint density at radius 2 is 1.91 bits per heavy atom. The predicted octanol–water partition coefficient (Wildman–Crippen LogP) is 4.39. The summed E-state index contributed by atoms with van der Waals surface area (Å²) in [6, 6.07) is 14.7. The Morgan fingerprint density at radius 3 is 2.58 bits per heavy atom. The molecule has 0 amide bonds. The summed E-state index contributed by atoms with van der Waals surface area (Å²) in [4.78, 5) is 9.09. The minimum Gasteiger partial charge on any atom is -0.361 e. The highest BCUT2D eigenvalue weighted by molar-refractivity contribution is 7.89. The van der Waals surface area contributed by atoms with Crippen molar-refractivity contribution in [1.29, 1.82) is 0 Å². The third kappa shape index (κ3) is 5.06. The molecule has 3 aromatic rings. The number of aromatic nitrogens is 2. The van der Waals surface area contributed by atoms with Gasteiger partial charge in [-0.2, -0.15) is 17.5 Å². The largest absolute Gasteiger partial charge is 0.511 e. The molecule has 10 heteroatoms. The molecule has 1 aliphatic rings. The molecule has 0 saturated carbocycles. The van der Waals surface area contributed by atoms with Gasteiger partial charge < -0.3 is 9.88 Å². The van der Waals surface area contributed by atoms with Gasteiger partial charge in [-0.3, -0.25) is 0 Å². The number of imidazole rings is 1. The van der Waals surface area contributed by atoms with E-state index in [0.29, 0.717) is 29.3 Å². The molecule has 176 valence electrons. The Kier molecular flexibility index (Phi) is 6.49. The van der Waals surface area contributed by atoms with Crippen LogP contribution in [0, 0.1) is 6.92 Å². The van der Waals surface area contributed by atoms with Crippen molar-refractivity contribution in [2.75, 3.05) is 11.4 Å². The molecule has 1 aliphatic heterocycles. The number of H-pyrrole nitrogens is 1. The first-order valence-electron chi connectivity index (χ1n) is 10.6. The van der Waals surface area contributed by atoms with Crippen molar-refractivity contribution in [1.82, 2.24) is 14.3 Å². The zero-order valence-corrected chi connectivity index (χ0v) is 18.9. The number of rotatable bonds is 6. The molecular formula is C23H25F3N4O2S. The van der Waals surface area contributed by atoms with Gasteiger partial charge in [0.2, 0.25) is 0 Å². The van der Waals surface area contributed by atoms with Gasteiger partial charge >= 0.3 is 15.5 Å². The zero-order chi connectivity index (χ0) is 23.6. The van der Waals surface area contributed by atoms with E-state index in [9.17, 15) is 21.6 Å². The number of fused-ring (bicyclic) bond motifs is 1. The van der Waals surface area contributed by atoms with E-state index in [2.05, 4.69) is 9.97 Å². The van der Waals surface area contributed by atoms with Crippen LogP contribution in [0.2, 0.25) is 0 Å². The maximum Gasteiger partial charge on any atom is 0.511 e. The van der Waals surface area contributed by atoms with Crippen molar-refractivity contribution in [2.45, 2.75) is 44.4 Å². The van der Waals surface area contributed by atoms with Crippen LogP contribution in [-0.2, 0) is 29.5 Å². The van der Waals surface area contributed by atoms with Crippen molar-refractivity contribution < 1.29 is 21.6 Å². The molecule has 0 bridgehead atoms. The van der Waals surface area contributed by atoms with Crippen LogP contribution >= 0.6 is 0 Å². The third-order valence-electron chi connectivity index (χ3n) is 5.88. The van der Waals surface area contributed by atoms with Gasteiger partial charge in [-0.1, -0.05) is 48.0 Å². The summed E-state index contributed by atoms with van der Waals surface area (Å²) in [5.74, 6) is 0. The number of hydrogen-bond donors (Lipinski definition) is 1. The number of halogens is 3. The number of sulfonamides is 1. The second-order valence-electron chi connectivity index (χ2n) is 8.26. The molecule has 0 saturated heterocycles. The Morgan fingerprint density at radius 1 is 1.15 bits per heavy atom. The van der Waals surface area contributed by atoms with Gasteiger partial charge in [0.1, 0.15) is 0 Å². The van der Waals surface area contributed by atoms with Gasteiger partial charge in [-0.25, -0.2) is 13.4 Å².